The molecule has 1 aromatic heterocycles. The Morgan fingerprint density at radius 3 is 2.55 bits per heavy atom. The first-order chi connectivity index (χ1) is 14.1. The van der Waals surface area contributed by atoms with E-state index >= 15 is 0 Å². The van der Waals surface area contributed by atoms with Crippen molar-refractivity contribution in [1.29, 1.82) is 0 Å². The molecule has 7 heteroatoms. The van der Waals surface area contributed by atoms with Crippen molar-refractivity contribution in [3.05, 3.63) is 65.9 Å². The number of carbonyl (C=O) groups is 2. The van der Waals surface area contributed by atoms with Crippen molar-refractivity contribution < 1.29 is 19.1 Å². The number of nitrogens with one attached hydrogen (secondary N) is 2. The lowest BCUT2D eigenvalue weighted by Gasteiger charge is -2.12. The minimum Gasteiger partial charge on any atom is -0.493 e. The molecule has 2 amide bonds. The van der Waals surface area contributed by atoms with E-state index in [1.165, 1.54) is 7.11 Å². The van der Waals surface area contributed by atoms with Crippen molar-refractivity contribution in [2.45, 2.75) is 19.8 Å². The van der Waals surface area contributed by atoms with Crippen molar-refractivity contribution in [2.75, 3.05) is 13.7 Å². The zero-order chi connectivity index (χ0) is 20.6. The van der Waals surface area contributed by atoms with Crippen LogP contribution in [0, 0.1) is 0 Å². The van der Waals surface area contributed by atoms with Crippen LogP contribution in [-0.2, 0) is 0 Å². The number of methoxy groups -OCH3 is 1. The van der Waals surface area contributed by atoms with Crippen LogP contribution in [0.4, 0.5) is 0 Å². The molecule has 0 saturated heterocycles. The highest BCUT2D eigenvalue weighted by molar-refractivity contribution is 5.99. The molecule has 0 aliphatic carbocycles. The van der Waals surface area contributed by atoms with Gasteiger partial charge in [0.2, 0.25) is 0 Å². The molecule has 0 unspecified atom stereocenters. The standard InChI is InChI=1S/C22H23N3O4/c1-3-4-13-29-19-12-10-16(14-20(19)28-2)21(26)24-25-22(27)18-11-9-15-7-5-6-8-17(15)23-18/h5-12,14H,3-4,13H2,1-2H3,(H,24,26)(H,25,27). The topological polar surface area (TPSA) is 89.6 Å². The molecule has 0 atom stereocenters. The smallest absolute Gasteiger partial charge is 0.288 e. The maximum atomic E-state index is 12.4. The molecule has 2 N–H and O–H groups in total. The molecule has 0 aliphatic rings. The summed E-state index contributed by atoms with van der Waals surface area (Å²) in [5.41, 5.74) is 6.02. The maximum absolute atomic E-state index is 12.4. The zero-order valence-corrected chi connectivity index (χ0v) is 16.4. The van der Waals surface area contributed by atoms with Crippen molar-refractivity contribution in [3.63, 3.8) is 0 Å². The van der Waals surface area contributed by atoms with Crippen LogP contribution in [0.25, 0.3) is 10.9 Å². The van der Waals surface area contributed by atoms with Crippen LogP contribution in [0.1, 0.15) is 40.6 Å². The van der Waals surface area contributed by atoms with Gasteiger partial charge in [0.05, 0.1) is 19.2 Å². The Labute approximate surface area is 169 Å². The number of hydrogen-bond donors (Lipinski definition) is 2. The second-order valence-electron chi connectivity index (χ2n) is 6.37. The van der Waals surface area contributed by atoms with Gasteiger partial charge in [-0.2, -0.15) is 0 Å². The molecule has 2 aromatic carbocycles. The molecule has 7 nitrogen and oxygen atoms in total. The lowest BCUT2D eigenvalue weighted by atomic mass is 10.2. The summed E-state index contributed by atoms with van der Waals surface area (Å²) in [4.78, 5) is 29.0. The Morgan fingerprint density at radius 2 is 1.76 bits per heavy atom. The summed E-state index contributed by atoms with van der Waals surface area (Å²) in [6.07, 6.45) is 1.95. The molecular weight excluding hydrogens is 370 g/mol. The van der Waals surface area contributed by atoms with Crippen molar-refractivity contribution in [1.82, 2.24) is 15.8 Å². The third-order valence-corrected chi connectivity index (χ3v) is 4.30. The Kier molecular flexibility index (Phi) is 6.63. The van der Waals surface area contributed by atoms with E-state index in [9.17, 15) is 9.59 Å². The van der Waals surface area contributed by atoms with Crippen molar-refractivity contribution >= 4 is 22.7 Å². The number of unbranched alkanes of at least 4 members (excludes halogenated alkanes) is 1. The largest absolute Gasteiger partial charge is 0.493 e. The summed E-state index contributed by atoms with van der Waals surface area (Å²) in [6.45, 7) is 2.66. The van der Waals surface area contributed by atoms with E-state index in [-0.39, 0.29) is 5.69 Å². The molecule has 3 rings (SSSR count). The zero-order valence-electron chi connectivity index (χ0n) is 16.4. The number of amides is 2. The molecule has 0 aliphatic heterocycles. The Balaban J connectivity index is 1.63. The van der Waals surface area contributed by atoms with E-state index in [2.05, 4.69) is 22.8 Å². The first kappa shape index (κ1) is 20.1. The lowest BCUT2D eigenvalue weighted by molar-refractivity contribution is 0.0844. The lowest BCUT2D eigenvalue weighted by Crippen LogP contribution is -2.41. The van der Waals surface area contributed by atoms with Gasteiger partial charge in [-0.05, 0) is 36.8 Å². The second kappa shape index (κ2) is 9.54. The molecule has 29 heavy (non-hydrogen) atoms. The first-order valence-electron chi connectivity index (χ1n) is 9.39. The van der Waals surface area contributed by atoms with Crippen molar-refractivity contribution in [2.24, 2.45) is 0 Å². The highest BCUT2D eigenvalue weighted by Crippen LogP contribution is 2.28. The Hall–Kier alpha value is -3.61. The molecule has 0 bridgehead atoms. The predicted molar refractivity (Wildman–Crippen MR) is 110 cm³/mol. The van der Waals surface area contributed by atoms with E-state index in [1.807, 2.05) is 24.3 Å². The average molecular weight is 393 g/mol. The van der Waals surface area contributed by atoms with Crippen LogP contribution in [0.2, 0.25) is 0 Å². The quantitative estimate of drug-likeness (QED) is 0.474. The van der Waals surface area contributed by atoms with E-state index in [1.54, 1.807) is 30.3 Å². The highest BCUT2D eigenvalue weighted by Gasteiger charge is 2.13. The van der Waals surface area contributed by atoms with Crippen LogP contribution in [-0.4, -0.2) is 30.5 Å². The van der Waals surface area contributed by atoms with Gasteiger partial charge in [-0.15, -0.1) is 0 Å². The van der Waals surface area contributed by atoms with Crippen LogP contribution in [0.5, 0.6) is 11.5 Å². The molecule has 3 aromatic rings. The number of nitrogens with zero attached hydrogens (tertiary/aromatic N) is 1. The van der Waals surface area contributed by atoms with Gasteiger partial charge in [-0.3, -0.25) is 20.4 Å². The van der Waals surface area contributed by atoms with Crippen LogP contribution in [0.3, 0.4) is 0 Å². The maximum Gasteiger partial charge on any atom is 0.288 e. The van der Waals surface area contributed by atoms with Gasteiger partial charge >= 0.3 is 0 Å². The SMILES string of the molecule is CCCCOc1ccc(C(=O)NNC(=O)c2ccc3ccccc3n2)cc1OC. The van der Waals surface area contributed by atoms with E-state index < -0.39 is 11.8 Å². The molecule has 0 fully saturated rings. The number of aromatic nitrogens is 1. The third kappa shape index (κ3) is 5.01. The number of fused-ring (bicyclic) bond motifs is 1. The number of para-hydroxylation sites is 1. The number of rotatable bonds is 7. The van der Waals surface area contributed by atoms with Crippen LogP contribution in [0.15, 0.2) is 54.6 Å². The van der Waals surface area contributed by atoms with Gasteiger partial charge in [0.25, 0.3) is 11.8 Å². The monoisotopic (exact) mass is 393 g/mol. The first-order valence-corrected chi connectivity index (χ1v) is 9.39. The number of benzene rings is 2. The number of hydrogen-bond acceptors (Lipinski definition) is 5. The fourth-order valence-corrected chi connectivity index (χ4v) is 2.70. The summed E-state index contributed by atoms with van der Waals surface area (Å²) < 4.78 is 11.0. The Bertz CT molecular complexity index is 1020. The van der Waals surface area contributed by atoms with Crippen LogP contribution < -0.4 is 20.3 Å². The molecule has 1 heterocycles. The fourth-order valence-electron chi connectivity index (χ4n) is 2.70. The van der Waals surface area contributed by atoms with E-state index in [0.717, 1.165) is 18.2 Å². The molecular formula is C22H23N3O4. The van der Waals surface area contributed by atoms with Gasteiger partial charge in [0, 0.05) is 10.9 Å². The number of carbonyl (C=O) groups excluding carboxylic acids is 2. The minimum atomic E-state index is -0.504. The van der Waals surface area contributed by atoms with Crippen molar-refractivity contribution in [3.8, 4) is 11.5 Å². The molecule has 150 valence electrons. The number of hydrazine groups is 1. The average Bonchev–Trinajstić information content (AvgIpc) is 2.77. The van der Waals surface area contributed by atoms with E-state index in [0.29, 0.717) is 29.2 Å². The highest BCUT2D eigenvalue weighted by atomic mass is 16.5. The summed E-state index contributed by atoms with van der Waals surface area (Å²) >= 11 is 0. The molecule has 0 saturated carbocycles. The number of pyridine rings is 1. The van der Waals surface area contributed by atoms with Gasteiger partial charge in [0.1, 0.15) is 5.69 Å². The summed E-state index contributed by atoms with van der Waals surface area (Å²) in [5.74, 6) is 0.0475. The fraction of sp³-hybridized carbons (Fsp3) is 0.227. The number of ether oxygens (including phenoxy) is 2. The normalized spacial score (nSPS) is 10.4. The summed E-state index contributed by atoms with van der Waals surface area (Å²) in [6, 6.07) is 15.7. The summed E-state index contributed by atoms with van der Waals surface area (Å²) in [7, 11) is 1.51. The molecule has 0 radical (unpaired) electrons. The van der Waals surface area contributed by atoms with Gasteiger partial charge in [-0.1, -0.05) is 37.6 Å². The third-order valence-electron chi connectivity index (χ3n) is 4.30. The van der Waals surface area contributed by atoms with E-state index in [4.69, 9.17) is 9.47 Å². The van der Waals surface area contributed by atoms with Gasteiger partial charge in [-0.25, -0.2) is 4.98 Å². The minimum absolute atomic E-state index is 0.209. The van der Waals surface area contributed by atoms with Crippen LogP contribution >= 0.6 is 0 Å². The van der Waals surface area contributed by atoms with Gasteiger partial charge in [0.15, 0.2) is 11.5 Å². The second-order valence-corrected chi connectivity index (χ2v) is 6.37. The summed E-state index contributed by atoms with van der Waals surface area (Å²) in [5, 5.41) is 0.932. The predicted octanol–water partition coefficient (Wildman–Crippen LogP) is 3.50. The Morgan fingerprint density at radius 1 is 0.966 bits per heavy atom. The molecule has 0 spiro atoms. The van der Waals surface area contributed by atoms with Gasteiger partial charge < -0.3 is 9.47 Å².